The highest BCUT2D eigenvalue weighted by molar-refractivity contribution is 5.57. The van der Waals surface area contributed by atoms with Gasteiger partial charge in [0.25, 0.3) is 0 Å². The van der Waals surface area contributed by atoms with Gasteiger partial charge in [0.1, 0.15) is 11.6 Å². The molecular weight excluding hydrogens is 217 g/mol. The molecular formula is C14H10FNO. The molecule has 0 aliphatic heterocycles. The number of aromatic hydroxyl groups is 1. The average molecular weight is 227 g/mol. The first-order valence-corrected chi connectivity index (χ1v) is 5.01. The van der Waals surface area contributed by atoms with E-state index in [4.69, 9.17) is 5.73 Å². The molecule has 84 valence electrons. The molecule has 0 aliphatic carbocycles. The minimum atomic E-state index is -0.288. The zero-order valence-electron chi connectivity index (χ0n) is 8.94. The quantitative estimate of drug-likeness (QED) is 0.412. The van der Waals surface area contributed by atoms with Crippen LogP contribution in [0.15, 0.2) is 42.5 Å². The maximum absolute atomic E-state index is 12.7. The maximum Gasteiger partial charge on any atom is 0.138 e. The molecule has 0 aromatic heterocycles. The third kappa shape index (κ3) is 2.76. The van der Waals surface area contributed by atoms with E-state index < -0.39 is 0 Å². The van der Waals surface area contributed by atoms with Crippen LogP contribution >= 0.6 is 0 Å². The lowest BCUT2D eigenvalue weighted by atomic mass is 10.1. The van der Waals surface area contributed by atoms with Crippen LogP contribution in [0, 0.1) is 17.7 Å². The molecule has 0 bridgehead atoms. The van der Waals surface area contributed by atoms with Crippen molar-refractivity contribution in [2.45, 2.75) is 0 Å². The summed E-state index contributed by atoms with van der Waals surface area (Å²) in [6, 6.07) is 10.7. The van der Waals surface area contributed by atoms with Crippen molar-refractivity contribution >= 4 is 5.69 Å². The smallest absolute Gasteiger partial charge is 0.138 e. The molecule has 3 heteroatoms. The average Bonchev–Trinajstić information content (AvgIpc) is 2.33. The first-order valence-electron chi connectivity index (χ1n) is 5.01. The number of nitrogens with two attached hydrogens (primary N) is 1. The fraction of sp³-hybridized carbons (Fsp3) is 0. The van der Waals surface area contributed by atoms with Crippen molar-refractivity contribution in [1.29, 1.82) is 0 Å². The molecule has 0 atom stereocenters. The van der Waals surface area contributed by atoms with Crippen LogP contribution in [0.3, 0.4) is 0 Å². The van der Waals surface area contributed by atoms with E-state index in [1.165, 1.54) is 18.2 Å². The number of halogens is 1. The van der Waals surface area contributed by atoms with Gasteiger partial charge in [-0.3, -0.25) is 0 Å². The Kier molecular flexibility index (Phi) is 2.97. The number of nitrogen functional groups attached to an aromatic ring is 1. The minimum Gasteiger partial charge on any atom is -0.506 e. The Morgan fingerprint density at radius 1 is 0.941 bits per heavy atom. The first-order chi connectivity index (χ1) is 8.15. The number of benzene rings is 2. The number of hydrogen-bond donors (Lipinski definition) is 2. The summed E-state index contributed by atoms with van der Waals surface area (Å²) in [4.78, 5) is 0. The summed E-state index contributed by atoms with van der Waals surface area (Å²) in [5.41, 5.74) is 7.25. The lowest BCUT2D eigenvalue weighted by molar-refractivity contribution is 0.478. The minimum absolute atomic E-state index is 0.0392. The number of phenols is 1. The Morgan fingerprint density at radius 3 is 2.18 bits per heavy atom. The summed E-state index contributed by atoms with van der Waals surface area (Å²) in [6.45, 7) is 0. The molecule has 0 radical (unpaired) electrons. The summed E-state index contributed by atoms with van der Waals surface area (Å²) in [6.07, 6.45) is 0. The second-order valence-electron chi connectivity index (χ2n) is 3.53. The Morgan fingerprint density at radius 2 is 1.53 bits per heavy atom. The Bertz CT molecular complexity index is 594. The van der Waals surface area contributed by atoms with Crippen LogP contribution in [0.5, 0.6) is 5.75 Å². The maximum atomic E-state index is 12.7. The summed E-state index contributed by atoms with van der Waals surface area (Å²) in [5.74, 6) is 5.52. The van der Waals surface area contributed by atoms with Gasteiger partial charge in [-0.25, -0.2) is 4.39 Å². The van der Waals surface area contributed by atoms with E-state index in [0.717, 1.165) is 5.56 Å². The molecule has 2 nitrogen and oxygen atoms in total. The Labute approximate surface area is 98.5 Å². The van der Waals surface area contributed by atoms with Gasteiger partial charge in [-0.2, -0.15) is 0 Å². The number of hydrogen-bond acceptors (Lipinski definition) is 2. The number of anilines is 1. The molecule has 3 N–H and O–H groups in total. The molecule has 2 aromatic rings. The molecule has 0 aliphatic rings. The van der Waals surface area contributed by atoms with Crippen LogP contribution in [0.1, 0.15) is 11.1 Å². The van der Waals surface area contributed by atoms with Gasteiger partial charge in [0.2, 0.25) is 0 Å². The molecule has 0 unspecified atom stereocenters. The number of phenolic OH excluding ortho intramolecular Hbond substituents is 1. The van der Waals surface area contributed by atoms with Crippen molar-refractivity contribution < 1.29 is 9.50 Å². The predicted molar refractivity (Wildman–Crippen MR) is 64.9 cm³/mol. The van der Waals surface area contributed by atoms with Crippen LogP contribution in [-0.2, 0) is 0 Å². The van der Waals surface area contributed by atoms with Gasteiger partial charge in [-0.1, -0.05) is 11.8 Å². The SMILES string of the molecule is Nc1cc(C#Cc2ccc(F)cc2)ccc1O. The monoisotopic (exact) mass is 227 g/mol. The fourth-order valence-corrected chi connectivity index (χ4v) is 1.31. The molecule has 0 amide bonds. The molecule has 0 spiro atoms. The highest BCUT2D eigenvalue weighted by Gasteiger charge is 1.95. The van der Waals surface area contributed by atoms with Gasteiger partial charge in [0.15, 0.2) is 0 Å². The van der Waals surface area contributed by atoms with Crippen LogP contribution < -0.4 is 5.73 Å². The highest BCUT2D eigenvalue weighted by atomic mass is 19.1. The van der Waals surface area contributed by atoms with Crippen LogP contribution in [0.4, 0.5) is 10.1 Å². The van der Waals surface area contributed by atoms with Crippen molar-refractivity contribution in [2.75, 3.05) is 5.73 Å². The van der Waals surface area contributed by atoms with Crippen molar-refractivity contribution in [2.24, 2.45) is 0 Å². The second kappa shape index (κ2) is 4.58. The van der Waals surface area contributed by atoms with Crippen LogP contribution in [-0.4, -0.2) is 5.11 Å². The Balaban J connectivity index is 2.26. The predicted octanol–water partition coefficient (Wildman–Crippen LogP) is 2.51. The third-order valence-electron chi connectivity index (χ3n) is 2.22. The summed E-state index contributed by atoms with van der Waals surface area (Å²) in [5, 5.41) is 9.24. The van der Waals surface area contributed by atoms with E-state index in [-0.39, 0.29) is 17.3 Å². The first kappa shape index (κ1) is 11.0. The molecule has 2 aromatic carbocycles. The van der Waals surface area contributed by atoms with Gasteiger partial charge < -0.3 is 10.8 Å². The van der Waals surface area contributed by atoms with E-state index in [9.17, 15) is 9.50 Å². The Hall–Kier alpha value is -2.47. The zero-order chi connectivity index (χ0) is 12.3. The number of rotatable bonds is 0. The molecule has 0 fully saturated rings. The molecule has 0 saturated carbocycles. The van der Waals surface area contributed by atoms with E-state index >= 15 is 0 Å². The van der Waals surface area contributed by atoms with Crippen LogP contribution in [0.25, 0.3) is 0 Å². The van der Waals surface area contributed by atoms with E-state index in [1.54, 1.807) is 24.3 Å². The van der Waals surface area contributed by atoms with Gasteiger partial charge in [-0.05, 0) is 42.5 Å². The molecule has 0 heterocycles. The van der Waals surface area contributed by atoms with Crippen LogP contribution in [0.2, 0.25) is 0 Å². The summed E-state index contributed by atoms with van der Waals surface area (Å²) < 4.78 is 12.7. The van der Waals surface area contributed by atoms with Crippen molar-refractivity contribution in [1.82, 2.24) is 0 Å². The molecule has 2 rings (SSSR count). The second-order valence-corrected chi connectivity index (χ2v) is 3.53. The topological polar surface area (TPSA) is 46.2 Å². The zero-order valence-corrected chi connectivity index (χ0v) is 8.94. The standard InChI is InChI=1S/C14H10FNO/c15-12-6-3-10(4-7-12)1-2-11-5-8-14(17)13(16)9-11/h3-9,17H,16H2. The van der Waals surface area contributed by atoms with E-state index in [2.05, 4.69) is 11.8 Å². The summed E-state index contributed by atoms with van der Waals surface area (Å²) in [7, 11) is 0. The van der Waals surface area contributed by atoms with Gasteiger partial charge in [-0.15, -0.1) is 0 Å². The largest absolute Gasteiger partial charge is 0.506 e. The lowest BCUT2D eigenvalue weighted by Crippen LogP contribution is -1.86. The van der Waals surface area contributed by atoms with Crippen molar-refractivity contribution in [3.63, 3.8) is 0 Å². The van der Waals surface area contributed by atoms with Gasteiger partial charge in [0.05, 0.1) is 5.69 Å². The highest BCUT2D eigenvalue weighted by Crippen LogP contribution is 2.19. The van der Waals surface area contributed by atoms with Gasteiger partial charge in [0, 0.05) is 11.1 Å². The summed E-state index contributed by atoms with van der Waals surface area (Å²) >= 11 is 0. The molecule has 0 saturated heterocycles. The normalized spacial score (nSPS) is 9.47. The molecule has 17 heavy (non-hydrogen) atoms. The lowest BCUT2D eigenvalue weighted by Gasteiger charge is -1.97. The van der Waals surface area contributed by atoms with Gasteiger partial charge >= 0.3 is 0 Å². The van der Waals surface area contributed by atoms with Crippen molar-refractivity contribution in [3.8, 4) is 17.6 Å². The fourth-order valence-electron chi connectivity index (χ4n) is 1.31. The third-order valence-corrected chi connectivity index (χ3v) is 2.22. The van der Waals surface area contributed by atoms with Crippen molar-refractivity contribution in [3.05, 3.63) is 59.4 Å². The van der Waals surface area contributed by atoms with E-state index in [0.29, 0.717) is 5.56 Å². The van der Waals surface area contributed by atoms with E-state index in [1.807, 2.05) is 0 Å².